The van der Waals surface area contributed by atoms with Crippen LogP contribution in [-0.2, 0) is 4.74 Å². The number of aromatic nitrogens is 4. The van der Waals surface area contributed by atoms with Gasteiger partial charge >= 0.3 is 5.97 Å². The second-order valence-corrected chi connectivity index (χ2v) is 6.58. The van der Waals surface area contributed by atoms with Crippen LogP contribution in [0.15, 0.2) is 42.5 Å². The predicted octanol–water partition coefficient (Wildman–Crippen LogP) is 4.86. The maximum absolute atomic E-state index is 12.2. The summed E-state index contributed by atoms with van der Waals surface area (Å²) in [5.74, 6) is -0.396. The van der Waals surface area contributed by atoms with Crippen LogP contribution >= 0.6 is 12.4 Å². The molecule has 2 N–H and O–H groups in total. The molecule has 2 aliphatic rings. The van der Waals surface area contributed by atoms with E-state index in [9.17, 15) is 4.79 Å². The first-order chi connectivity index (χ1) is 13.7. The van der Waals surface area contributed by atoms with E-state index in [0.29, 0.717) is 11.1 Å². The van der Waals surface area contributed by atoms with Gasteiger partial charge in [-0.15, -0.1) is 12.4 Å². The van der Waals surface area contributed by atoms with Gasteiger partial charge in [-0.05, 0) is 66.8 Å². The van der Waals surface area contributed by atoms with E-state index < -0.39 is 5.97 Å². The molecule has 5 rings (SSSR count). The van der Waals surface area contributed by atoms with Crippen molar-refractivity contribution < 1.29 is 9.53 Å². The number of carbonyl (C=O) groups excluding carboxylic acids is 1. The molecule has 0 amide bonds. The van der Waals surface area contributed by atoms with Gasteiger partial charge in [-0.1, -0.05) is 0 Å². The Kier molecular flexibility index (Phi) is 4.78. The van der Waals surface area contributed by atoms with Crippen molar-refractivity contribution in [3.63, 3.8) is 0 Å². The van der Waals surface area contributed by atoms with Crippen LogP contribution in [0.5, 0.6) is 0 Å². The van der Waals surface area contributed by atoms with Crippen molar-refractivity contribution in [1.82, 2.24) is 19.9 Å². The molecule has 5 heterocycles. The quantitative estimate of drug-likeness (QED) is 0.390. The van der Waals surface area contributed by atoms with E-state index >= 15 is 0 Å². The van der Waals surface area contributed by atoms with Crippen molar-refractivity contribution in [1.29, 1.82) is 0 Å². The molecule has 29 heavy (non-hydrogen) atoms. The number of hydrogen-bond acceptors (Lipinski definition) is 4. The lowest BCUT2D eigenvalue weighted by Crippen LogP contribution is -1.99. The van der Waals surface area contributed by atoms with Crippen molar-refractivity contribution >= 4 is 64.7 Å². The van der Waals surface area contributed by atoms with E-state index in [4.69, 9.17) is 4.74 Å². The number of halogens is 1. The number of ether oxygens (including phenoxy) is 1. The van der Waals surface area contributed by atoms with E-state index in [1.54, 1.807) is 6.07 Å². The summed E-state index contributed by atoms with van der Waals surface area (Å²) in [5.41, 5.74) is 7.05. The van der Waals surface area contributed by atoms with Crippen LogP contribution in [0.3, 0.4) is 0 Å². The highest BCUT2D eigenvalue weighted by Crippen LogP contribution is 2.20. The maximum atomic E-state index is 12.2. The number of carbonyl (C=O) groups is 1. The first-order valence-electron chi connectivity index (χ1n) is 8.83. The minimum Gasteiger partial charge on any atom is -0.465 e. The van der Waals surface area contributed by atoms with Gasteiger partial charge in [0.25, 0.3) is 0 Å². The molecular weight excluding hydrogens is 388 g/mol. The minimum atomic E-state index is -0.396. The summed E-state index contributed by atoms with van der Waals surface area (Å²) >= 11 is 0. The predicted molar refractivity (Wildman–Crippen MR) is 117 cm³/mol. The zero-order valence-electron chi connectivity index (χ0n) is 15.5. The summed E-state index contributed by atoms with van der Waals surface area (Å²) in [5, 5.41) is 0. The van der Waals surface area contributed by atoms with Crippen LogP contribution in [-0.4, -0.2) is 33.0 Å². The van der Waals surface area contributed by atoms with Crippen LogP contribution in [0.25, 0.3) is 46.4 Å². The van der Waals surface area contributed by atoms with E-state index in [1.807, 2.05) is 60.7 Å². The Labute approximate surface area is 172 Å². The van der Waals surface area contributed by atoms with Crippen molar-refractivity contribution in [3.8, 4) is 0 Å². The molecule has 0 radical (unpaired) electrons. The van der Waals surface area contributed by atoms with Crippen LogP contribution in [0.2, 0.25) is 0 Å². The van der Waals surface area contributed by atoms with Gasteiger partial charge in [-0.25, -0.2) is 14.8 Å². The fraction of sp³-hybridized carbons (Fsp3) is 0.0455. The fourth-order valence-corrected chi connectivity index (χ4v) is 3.30. The fourth-order valence-electron chi connectivity index (χ4n) is 3.30. The lowest BCUT2D eigenvalue weighted by Gasteiger charge is -1.94. The molecule has 0 saturated carbocycles. The highest BCUT2D eigenvalue weighted by atomic mass is 35.5. The third-order valence-electron chi connectivity index (χ3n) is 4.57. The van der Waals surface area contributed by atoms with Crippen LogP contribution in [0.4, 0.5) is 0 Å². The first kappa shape index (κ1) is 18.7. The van der Waals surface area contributed by atoms with Crippen molar-refractivity contribution in [2.45, 2.75) is 0 Å². The Balaban J connectivity index is 0.00000205. The minimum absolute atomic E-state index is 0. The van der Waals surface area contributed by atoms with Crippen molar-refractivity contribution in [3.05, 3.63) is 70.8 Å². The number of H-pyrrole nitrogens is 2. The number of fused-ring (bicyclic) bond motifs is 8. The zero-order chi connectivity index (χ0) is 19.1. The molecule has 0 saturated heterocycles. The number of hydrogen-bond donors (Lipinski definition) is 2. The molecule has 6 nitrogen and oxygen atoms in total. The van der Waals surface area contributed by atoms with Crippen LogP contribution in [0, 0.1) is 0 Å². The molecule has 0 unspecified atom stereocenters. The number of methoxy groups -OCH3 is 1. The summed E-state index contributed by atoms with van der Waals surface area (Å²) in [6, 6.07) is 13.4. The lowest BCUT2D eigenvalue weighted by molar-refractivity contribution is 0.0603. The second-order valence-electron chi connectivity index (χ2n) is 6.58. The highest BCUT2D eigenvalue weighted by molar-refractivity contribution is 5.99. The summed E-state index contributed by atoms with van der Waals surface area (Å²) < 4.78 is 4.93. The van der Waals surface area contributed by atoms with E-state index in [-0.39, 0.29) is 12.4 Å². The van der Waals surface area contributed by atoms with Gasteiger partial charge in [0, 0.05) is 16.6 Å². The number of esters is 1. The Morgan fingerprint density at radius 2 is 1.34 bits per heavy atom. The summed E-state index contributed by atoms with van der Waals surface area (Å²) in [6.45, 7) is 0. The van der Waals surface area contributed by atoms with Gasteiger partial charge in [0.1, 0.15) is 0 Å². The molecule has 0 fully saturated rings. The van der Waals surface area contributed by atoms with Crippen molar-refractivity contribution in [2.24, 2.45) is 0 Å². The van der Waals surface area contributed by atoms with E-state index in [2.05, 4.69) is 19.9 Å². The van der Waals surface area contributed by atoms with Gasteiger partial charge in [-0.2, -0.15) is 0 Å². The summed E-state index contributed by atoms with van der Waals surface area (Å²) in [4.78, 5) is 28.0. The molecule has 0 atom stereocenters. The lowest BCUT2D eigenvalue weighted by atomic mass is 10.2. The molecule has 0 spiro atoms. The molecule has 8 bridgehead atoms. The molecule has 0 aromatic carbocycles. The average molecular weight is 405 g/mol. The van der Waals surface area contributed by atoms with E-state index in [0.717, 1.165) is 39.3 Å². The zero-order valence-corrected chi connectivity index (χ0v) is 16.3. The van der Waals surface area contributed by atoms with Gasteiger partial charge in [0.15, 0.2) is 0 Å². The highest BCUT2D eigenvalue weighted by Gasteiger charge is 2.11. The molecule has 2 aliphatic heterocycles. The Hall–Kier alpha value is -3.64. The van der Waals surface area contributed by atoms with Gasteiger partial charge < -0.3 is 14.7 Å². The Morgan fingerprint density at radius 1 is 0.759 bits per heavy atom. The van der Waals surface area contributed by atoms with E-state index in [1.165, 1.54) is 7.11 Å². The van der Waals surface area contributed by atoms with Gasteiger partial charge in [0.2, 0.25) is 0 Å². The molecule has 3 aromatic rings. The third-order valence-corrected chi connectivity index (χ3v) is 4.57. The SMILES string of the molecule is COC(=O)c1cc2cc3ccc(cc4nc(cc5nc(cc1[nH]2)C=C5)C=C4)[nH]3.Cl. The summed E-state index contributed by atoms with van der Waals surface area (Å²) in [6.07, 6.45) is 7.77. The largest absolute Gasteiger partial charge is 0.465 e. The smallest absolute Gasteiger partial charge is 0.340 e. The molecule has 0 aliphatic carbocycles. The van der Waals surface area contributed by atoms with Crippen molar-refractivity contribution in [2.75, 3.05) is 7.11 Å². The van der Waals surface area contributed by atoms with Crippen LogP contribution < -0.4 is 0 Å². The average Bonchev–Trinajstić information content (AvgIpc) is 3.45. The molecule has 144 valence electrons. The van der Waals surface area contributed by atoms with Gasteiger partial charge in [-0.3, -0.25) is 0 Å². The van der Waals surface area contributed by atoms with Gasteiger partial charge in [0.05, 0.1) is 41.0 Å². The summed E-state index contributed by atoms with van der Waals surface area (Å²) in [7, 11) is 1.37. The number of nitrogens with zero attached hydrogens (tertiary/aromatic N) is 2. The topological polar surface area (TPSA) is 83.7 Å². The number of aromatic amines is 2. The monoisotopic (exact) mass is 404 g/mol. The standard InChI is InChI=1S/C22H16N4O2.ClH/c1-28-22(27)20-11-19-10-17-5-4-15(24-17)8-13-2-3-14(23-13)9-16-6-7-18(25-16)12-21(20)26-19;/h2-12,24,26H,1H3;1H. The third kappa shape index (κ3) is 3.70. The maximum Gasteiger partial charge on any atom is 0.340 e. The second kappa shape index (κ2) is 7.41. The number of nitrogens with one attached hydrogen (secondary N) is 2. The Morgan fingerprint density at radius 3 is 2.00 bits per heavy atom. The number of rotatable bonds is 1. The molecule has 7 heteroatoms. The first-order valence-corrected chi connectivity index (χ1v) is 8.83. The van der Waals surface area contributed by atoms with Crippen LogP contribution in [0.1, 0.15) is 33.1 Å². The Bertz CT molecular complexity index is 1330. The molecular formula is C22H17ClN4O2. The molecule has 3 aromatic heterocycles. The normalized spacial score (nSPS) is 11.9.